The number of benzene rings is 1. The summed E-state index contributed by atoms with van der Waals surface area (Å²) in [6.07, 6.45) is 3.74. The number of carbonyl (C=O) groups excluding carboxylic acids is 2. The molecule has 1 aliphatic heterocycles. The van der Waals surface area contributed by atoms with Gasteiger partial charge in [0.05, 0.1) is 6.61 Å². The first kappa shape index (κ1) is 15.5. The molecule has 114 valence electrons. The van der Waals surface area contributed by atoms with Crippen LogP contribution in [0, 0.1) is 0 Å². The van der Waals surface area contributed by atoms with Crippen molar-refractivity contribution in [2.75, 3.05) is 13.2 Å². The molecule has 4 heteroatoms. The predicted octanol–water partition coefficient (Wildman–Crippen LogP) is 3.19. The first-order chi connectivity index (χ1) is 10.1. The molecule has 1 amide bonds. The molecule has 2 rings (SSSR count). The number of ether oxygens (including phenoxy) is 1. The van der Waals surface area contributed by atoms with Crippen molar-refractivity contribution < 1.29 is 14.3 Å². The number of carbonyl (C=O) groups is 2. The van der Waals surface area contributed by atoms with Crippen LogP contribution in [0.3, 0.4) is 0 Å². The molecule has 0 atom stereocenters. The van der Waals surface area contributed by atoms with E-state index in [4.69, 9.17) is 4.74 Å². The molecule has 0 radical (unpaired) electrons. The molecule has 0 saturated carbocycles. The smallest absolute Gasteiger partial charge is 0.222 e. The summed E-state index contributed by atoms with van der Waals surface area (Å²) in [5.74, 6) is 0.990. The van der Waals surface area contributed by atoms with E-state index in [1.165, 1.54) is 0 Å². The van der Waals surface area contributed by atoms with Crippen molar-refractivity contribution in [2.45, 2.75) is 46.1 Å². The second-order valence-corrected chi connectivity index (χ2v) is 5.44. The topological polar surface area (TPSA) is 46.6 Å². The quantitative estimate of drug-likeness (QED) is 0.782. The van der Waals surface area contributed by atoms with E-state index in [9.17, 15) is 9.59 Å². The second kappa shape index (κ2) is 7.25. The van der Waals surface area contributed by atoms with Crippen LogP contribution in [0.15, 0.2) is 18.2 Å². The number of hydrogen-bond acceptors (Lipinski definition) is 3. The van der Waals surface area contributed by atoms with Gasteiger partial charge in [0.2, 0.25) is 5.91 Å². The average Bonchev–Trinajstić information content (AvgIpc) is 2.66. The van der Waals surface area contributed by atoms with Crippen molar-refractivity contribution in [3.63, 3.8) is 0 Å². The van der Waals surface area contributed by atoms with Gasteiger partial charge in [0.1, 0.15) is 5.75 Å². The highest BCUT2D eigenvalue weighted by molar-refractivity contribution is 5.94. The van der Waals surface area contributed by atoms with Crippen molar-refractivity contribution in [2.24, 2.45) is 0 Å². The fraction of sp³-hybridized carbons (Fsp3) is 0.529. The number of rotatable bonds is 5. The maximum atomic E-state index is 12.1. The summed E-state index contributed by atoms with van der Waals surface area (Å²) in [4.78, 5) is 25.6. The molecule has 21 heavy (non-hydrogen) atoms. The molecule has 0 bridgehead atoms. The summed E-state index contributed by atoms with van der Waals surface area (Å²) in [6, 6.07) is 5.46. The molecule has 0 N–H and O–H groups in total. The fourth-order valence-electron chi connectivity index (χ4n) is 2.63. The molecule has 1 aromatic rings. The number of hydrogen-bond donors (Lipinski definition) is 0. The Bertz CT molecular complexity index is 525. The molecule has 0 aromatic heterocycles. The van der Waals surface area contributed by atoms with E-state index in [2.05, 4.69) is 0 Å². The highest BCUT2D eigenvalue weighted by atomic mass is 16.5. The number of likely N-dealkylation sites (tertiary alicyclic amines) is 1. The highest BCUT2D eigenvalue weighted by Crippen LogP contribution is 2.24. The van der Waals surface area contributed by atoms with Gasteiger partial charge >= 0.3 is 0 Å². The zero-order valence-electron chi connectivity index (χ0n) is 12.9. The van der Waals surface area contributed by atoms with Crippen molar-refractivity contribution >= 4 is 11.7 Å². The molecular weight excluding hydrogens is 266 g/mol. The van der Waals surface area contributed by atoms with Crippen LogP contribution in [0.25, 0.3) is 0 Å². The first-order valence-corrected chi connectivity index (χ1v) is 7.66. The Hall–Kier alpha value is -1.84. The van der Waals surface area contributed by atoms with Gasteiger partial charge < -0.3 is 9.64 Å². The third kappa shape index (κ3) is 4.06. The van der Waals surface area contributed by atoms with Gasteiger partial charge in [-0.15, -0.1) is 0 Å². The SMILES string of the molecule is CCOc1ccc(C(C)=O)cc1CN1CCCCCC1=O. The first-order valence-electron chi connectivity index (χ1n) is 7.66. The molecule has 1 aliphatic rings. The van der Waals surface area contributed by atoms with E-state index in [1.54, 1.807) is 13.0 Å². The van der Waals surface area contributed by atoms with Gasteiger partial charge in [0.15, 0.2) is 5.78 Å². The largest absolute Gasteiger partial charge is 0.494 e. The van der Waals surface area contributed by atoms with Crippen LogP contribution in [0.5, 0.6) is 5.75 Å². The van der Waals surface area contributed by atoms with Crippen LogP contribution >= 0.6 is 0 Å². The Morgan fingerprint density at radius 3 is 2.81 bits per heavy atom. The van der Waals surface area contributed by atoms with Crippen molar-refractivity contribution in [1.82, 2.24) is 4.90 Å². The summed E-state index contributed by atoms with van der Waals surface area (Å²) in [6.45, 7) is 5.36. The molecule has 0 spiro atoms. The van der Waals surface area contributed by atoms with E-state index < -0.39 is 0 Å². The van der Waals surface area contributed by atoms with E-state index in [0.717, 1.165) is 37.1 Å². The lowest BCUT2D eigenvalue weighted by molar-refractivity contribution is -0.131. The van der Waals surface area contributed by atoms with Crippen LogP contribution in [-0.4, -0.2) is 29.7 Å². The van der Waals surface area contributed by atoms with Gasteiger partial charge in [-0.2, -0.15) is 0 Å². The van der Waals surface area contributed by atoms with Crippen molar-refractivity contribution in [3.05, 3.63) is 29.3 Å². The Labute approximate surface area is 126 Å². The van der Waals surface area contributed by atoms with Crippen LogP contribution in [0.1, 0.15) is 55.5 Å². The number of Topliss-reactive ketones (excluding diaryl/α,β-unsaturated/α-hetero) is 1. The molecule has 1 fully saturated rings. The Morgan fingerprint density at radius 1 is 1.29 bits per heavy atom. The van der Waals surface area contributed by atoms with Crippen LogP contribution in [0.2, 0.25) is 0 Å². The molecule has 1 aromatic carbocycles. The molecule has 1 heterocycles. The normalized spacial score (nSPS) is 15.7. The lowest BCUT2D eigenvalue weighted by Crippen LogP contribution is -2.30. The summed E-state index contributed by atoms with van der Waals surface area (Å²) in [5, 5.41) is 0. The summed E-state index contributed by atoms with van der Waals surface area (Å²) in [7, 11) is 0. The van der Waals surface area contributed by atoms with E-state index >= 15 is 0 Å². The minimum atomic E-state index is 0.0292. The summed E-state index contributed by atoms with van der Waals surface area (Å²) < 4.78 is 5.63. The highest BCUT2D eigenvalue weighted by Gasteiger charge is 2.19. The van der Waals surface area contributed by atoms with E-state index in [1.807, 2.05) is 24.0 Å². The van der Waals surface area contributed by atoms with Crippen LogP contribution in [0.4, 0.5) is 0 Å². The molecular formula is C17H23NO3. The number of amides is 1. The van der Waals surface area contributed by atoms with Crippen LogP contribution in [-0.2, 0) is 11.3 Å². The van der Waals surface area contributed by atoms with Gasteiger partial charge in [-0.05, 0) is 44.9 Å². The minimum absolute atomic E-state index is 0.0292. The number of nitrogens with zero attached hydrogens (tertiary/aromatic N) is 1. The Kier molecular flexibility index (Phi) is 5.37. The third-order valence-electron chi connectivity index (χ3n) is 3.80. The predicted molar refractivity (Wildman–Crippen MR) is 81.5 cm³/mol. The fourth-order valence-corrected chi connectivity index (χ4v) is 2.63. The van der Waals surface area contributed by atoms with Gasteiger partial charge in [-0.3, -0.25) is 9.59 Å². The van der Waals surface area contributed by atoms with Gasteiger partial charge in [0.25, 0.3) is 0 Å². The van der Waals surface area contributed by atoms with Crippen LogP contribution < -0.4 is 4.74 Å². The maximum absolute atomic E-state index is 12.1. The van der Waals surface area contributed by atoms with Crippen molar-refractivity contribution in [1.29, 1.82) is 0 Å². The molecule has 4 nitrogen and oxygen atoms in total. The zero-order chi connectivity index (χ0) is 15.2. The summed E-state index contributed by atoms with van der Waals surface area (Å²) in [5.41, 5.74) is 1.58. The average molecular weight is 289 g/mol. The molecule has 0 unspecified atom stereocenters. The van der Waals surface area contributed by atoms with E-state index in [-0.39, 0.29) is 11.7 Å². The molecule has 0 aliphatic carbocycles. The van der Waals surface area contributed by atoms with Crippen molar-refractivity contribution in [3.8, 4) is 5.75 Å². The van der Waals surface area contributed by atoms with Gasteiger partial charge in [0, 0.05) is 30.6 Å². The Morgan fingerprint density at radius 2 is 2.10 bits per heavy atom. The van der Waals surface area contributed by atoms with Gasteiger partial charge in [-0.1, -0.05) is 6.42 Å². The number of ketones is 1. The standard InChI is InChI=1S/C17H23NO3/c1-3-21-16-9-8-14(13(2)19)11-15(16)12-18-10-6-4-5-7-17(18)20/h8-9,11H,3-7,10,12H2,1-2H3. The Balaban J connectivity index is 2.24. The monoisotopic (exact) mass is 289 g/mol. The molecule has 1 saturated heterocycles. The second-order valence-electron chi connectivity index (χ2n) is 5.44. The zero-order valence-corrected chi connectivity index (χ0v) is 12.9. The lowest BCUT2D eigenvalue weighted by Gasteiger charge is -2.22. The third-order valence-corrected chi connectivity index (χ3v) is 3.80. The van der Waals surface area contributed by atoms with Gasteiger partial charge in [-0.25, -0.2) is 0 Å². The maximum Gasteiger partial charge on any atom is 0.222 e. The minimum Gasteiger partial charge on any atom is -0.494 e. The summed E-state index contributed by atoms with van der Waals surface area (Å²) >= 11 is 0. The lowest BCUT2D eigenvalue weighted by atomic mass is 10.1. The van der Waals surface area contributed by atoms with E-state index in [0.29, 0.717) is 25.1 Å².